The topological polar surface area (TPSA) is 17.1 Å². The van der Waals surface area contributed by atoms with Gasteiger partial charge in [0, 0.05) is 16.8 Å². The van der Waals surface area contributed by atoms with Gasteiger partial charge in [0.05, 0.1) is 0 Å². The van der Waals surface area contributed by atoms with Gasteiger partial charge in [-0.2, -0.15) is 11.1 Å². The molecule has 0 aromatic heterocycles. The van der Waals surface area contributed by atoms with Crippen LogP contribution < -0.4 is 0 Å². The van der Waals surface area contributed by atoms with Crippen LogP contribution in [0.4, 0.5) is 0 Å². The molecule has 1 nitrogen and oxygen atoms in total. The first-order valence-electron chi connectivity index (χ1n) is 2.59. The smallest absolute Gasteiger partial charge is 0 e. The summed E-state index contributed by atoms with van der Waals surface area (Å²) in [5.41, 5.74) is 1.85. The fraction of sp³-hybridized carbons (Fsp3) is 0.286. The predicted octanol–water partition coefficient (Wildman–Crippen LogP) is 1.60. The average molecular weight is 168 g/mol. The van der Waals surface area contributed by atoms with Crippen molar-refractivity contribution in [3.05, 3.63) is 23.3 Å². The second-order valence-electron chi connectivity index (χ2n) is 1.87. The SMILES string of the molecule is CC1=C([C-]=O)CC=C1.[Co].[H-].[H-]. The van der Waals surface area contributed by atoms with E-state index >= 15 is 0 Å². The van der Waals surface area contributed by atoms with Gasteiger partial charge in [-0.3, -0.25) is 0 Å². The van der Waals surface area contributed by atoms with Crippen LogP contribution in [0.5, 0.6) is 0 Å². The molecule has 0 amide bonds. The Kier molecular flexibility index (Phi) is 3.50. The summed E-state index contributed by atoms with van der Waals surface area (Å²) >= 11 is 0. The van der Waals surface area contributed by atoms with Gasteiger partial charge in [-0.05, 0) is 12.7 Å². The van der Waals surface area contributed by atoms with E-state index in [4.69, 9.17) is 0 Å². The minimum atomic E-state index is 0. The van der Waals surface area contributed by atoms with Gasteiger partial charge in [0.2, 0.25) is 0 Å². The van der Waals surface area contributed by atoms with Gasteiger partial charge >= 0.3 is 0 Å². The summed E-state index contributed by atoms with van der Waals surface area (Å²) in [5, 5.41) is 0. The second-order valence-corrected chi connectivity index (χ2v) is 1.87. The zero-order valence-corrected chi connectivity index (χ0v) is 6.14. The molecule has 1 aliphatic rings. The maximum atomic E-state index is 9.99. The summed E-state index contributed by atoms with van der Waals surface area (Å²) in [6, 6.07) is 0. The summed E-state index contributed by atoms with van der Waals surface area (Å²) in [7, 11) is 0. The second kappa shape index (κ2) is 3.64. The summed E-state index contributed by atoms with van der Waals surface area (Å²) < 4.78 is 0. The Morgan fingerprint density at radius 1 is 1.78 bits per heavy atom. The van der Waals surface area contributed by atoms with Crippen LogP contribution in [-0.2, 0) is 21.6 Å². The van der Waals surface area contributed by atoms with Crippen LogP contribution in [0.1, 0.15) is 16.2 Å². The molecule has 0 bridgehead atoms. The molecule has 55 valence electrons. The van der Waals surface area contributed by atoms with Gasteiger partial charge in [0.1, 0.15) is 0 Å². The van der Waals surface area contributed by atoms with E-state index < -0.39 is 0 Å². The Balaban J connectivity index is -0.000000213. The standard InChI is InChI=1S/C7H7O.Co.2H/c1-6-3-2-4-7(6)5-8;;;/h2-3H,4H2,1H3;;;/q-1;;2*-1. The third kappa shape index (κ3) is 1.80. The molecule has 1 rings (SSSR count). The van der Waals surface area contributed by atoms with Crippen molar-refractivity contribution in [2.24, 2.45) is 0 Å². The van der Waals surface area contributed by atoms with Gasteiger partial charge < -0.3 is 7.65 Å². The molecule has 0 spiro atoms. The molecular formula is C7H9CoO-3. The van der Waals surface area contributed by atoms with Gasteiger partial charge in [-0.1, -0.05) is 0 Å². The van der Waals surface area contributed by atoms with Crippen molar-refractivity contribution < 1.29 is 24.4 Å². The minimum Gasteiger partial charge on any atom is -1.00 e. The van der Waals surface area contributed by atoms with E-state index in [1.54, 1.807) is 0 Å². The van der Waals surface area contributed by atoms with Gasteiger partial charge in [0.15, 0.2) is 0 Å². The quantitative estimate of drug-likeness (QED) is 0.543. The molecule has 2 heteroatoms. The van der Waals surface area contributed by atoms with E-state index in [2.05, 4.69) is 0 Å². The van der Waals surface area contributed by atoms with Crippen molar-refractivity contribution >= 4 is 6.29 Å². The molecule has 1 aliphatic carbocycles. The number of hydrogen-bond acceptors (Lipinski definition) is 1. The number of hydrogen-bond donors (Lipinski definition) is 0. The van der Waals surface area contributed by atoms with Crippen LogP contribution in [0.15, 0.2) is 23.3 Å². The number of rotatable bonds is 1. The molecule has 1 radical (unpaired) electrons. The first-order chi connectivity index (χ1) is 3.84. The number of allylic oxidation sites excluding steroid dienone is 4. The molecule has 0 fully saturated rings. The Morgan fingerprint density at radius 2 is 2.44 bits per heavy atom. The summed E-state index contributed by atoms with van der Waals surface area (Å²) in [6.07, 6.45) is 6.57. The Morgan fingerprint density at radius 3 is 2.67 bits per heavy atom. The minimum absolute atomic E-state index is 0. The van der Waals surface area contributed by atoms with E-state index in [0.717, 1.165) is 17.6 Å². The monoisotopic (exact) mass is 168 g/mol. The van der Waals surface area contributed by atoms with E-state index in [1.807, 2.05) is 25.4 Å². The normalized spacial score (nSPS) is 15.7. The summed E-state index contributed by atoms with van der Waals surface area (Å²) in [6.45, 7) is 1.92. The molecule has 0 unspecified atom stereocenters. The maximum absolute atomic E-state index is 9.99. The van der Waals surface area contributed by atoms with Crippen LogP contribution in [-0.4, -0.2) is 6.29 Å². The van der Waals surface area contributed by atoms with E-state index in [9.17, 15) is 4.79 Å². The van der Waals surface area contributed by atoms with Crippen LogP contribution in [0, 0.1) is 0 Å². The average Bonchev–Trinajstić information content (AvgIpc) is 2.14. The van der Waals surface area contributed by atoms with Crippen molar-refractivity contribution in [2.75, 3.05) is 0 Å². The predicted molar refractivity (Wildman–Crippen MR) is 34.4 cm³/mol. The molecule has 0 aromatic rings. The van der Waals surface area contributed by atoms with Crippen LogP contribution >= 0.6 is 0 Å². The maximum Gasteiger partial charge on any atom is 0 e. The van der Waals surface area contributed by atoms with Gasteiger partial charge in [0.25, 0.3) is 0 Å². The fourth-order valence-corrected chi connectivity index (χ4v) is 0.737. The molecule has 0 saturated carbocycles. The number of carbonyl (C=O) groups excluding carboxylic acids is 1. The third-order valence-corrected chi connectivity index (χ3v) is 1.29. The zero-order chi connectivity index (χ0) is 5.98. The molecule has 0 N–H and O–H groups in total. The first-order valence-corrected chi connectivity index (χ1v) is 2.59. The molecule has 0 saturated heterocycles. The van der Waals surface area contributed by atoms with Crippen molar-refractivity contribution in [2.45, 2.75) is 13.3 Å². The van der Waals surface area contributed by atoms with Crippen molar-refractivity contribution in [3.63, 3.8) is 0 Å². The Bertz CT molecular complexity index is 175. The Hall–Kier alpha value is -0.344. The first kappa shape index (κ1) is 8.66. The van der Waals surface area contributed by atoms with Crippen LogP contribution in [0.2, 0.25) is 0 Å². The zero-order valence-electron chi connectivity index (χ0n) is 7.10. The summed E-state index contributed by atoms with van der Waals surface area (Å²) in [5.74, 6) is 0. The molecule has 0 aromatic carbocycles. The Labute approximate surface area is 68.0 Å². The third-order valence-electron chi connectivity index (χ3n) is 1.29. The van der Waals surface area contributed by atoms with E-state index in [-0.39, 0.29) is 19.6 Å². The van der Waals surface area contributed by atoms with Crippen LogP contribution in [0.3, 0.4) is 0 Å². The molecule has 9 heavy (non-hydrogen) atoms. The molecular weight excluding hydrogens is 159 g/mol. The fourth-order valence-electron chi connectivity index (χ4n) is 0.737. The molecule has 0 heterocycles. The van der Waals surface area contributed by atoms with Crippen molar-refractivity contribution in [1.82, 2.24) is 0 Å². The van der Waals surface area contributed by atoms with Crippen molar-refractivity contribution in [3.8, 4) is 0 Å². The summed E-state index contributed by atoms with van der Waals surface area (Å²) in [4.78, 5) is 9.99. The van der Waals surface area contributed by atoms with E-state index in [1.165, 1.54) is 0 Å². The van der Waals surface area contributed by atoms with Crippen LogP contribution in [0.25, 0.3) is 0 Å². The van der Waals surface area contributed by atoms with Gasteiger partial charge in [-0.15, -0.1) is 19.1 Å². The van der Waals surface area contributed by atoms with E-state index in [0.29, 0.717) is 0 Å². The molecule has 0 atom stereocenters. The van der Waals surface area contributed by atoms with Gasteiger partial charge in [-0.25, -0.2) is 0 Å². The van der Waals surface area contributed by atoms with Crippen molar-refractivity contribution in [1.29, 1.82) is 0 Å². The molecule has 0 aliphatic heterocycles. The largest absolute Gasteiger partial charge is 1.00 e.